The Morgan fingerprint density at radius 1 is 1.24 bits per heavy atom. The topological polar surface area (TPSA) is 49.0 Å². The van der Waals surface area contributed by atoms with Crippen LogP contribution >= 0.6 is 0 Å². The zero-order valence-corrected chi connectivity index (χ0v) is 15.0. The summed E-state index contributed by atoms with van der Waals surface area (Å²) in [6.45, 7) is 7.01. The number of fused-ring (bicyclic) bond motifs is 1. The molecule has 1 aromatic carbocycles. The summed E-state index contributed by atoms with van der Waals surface area (Å²) in [6, 6.07) is 10.3. The molecule has 1 atom stereocenters. The van der Waals surface area contributed by atoms with Gasteiger partial charge in [0.15, 0.2) is 0 Å². The molecule has 1 aliphatic rings. The van der Waals surface area contributed by atoms with E-state index >= 15 is 0 Å². The molecule has 25 heavy (non-hydrogen) atoms. The van der Waals surface area contributed by atoms with Crippen molar-refractivity contribution in [3.63, 3.8) is 0 Å². The van der Waals surface area contributed by atoms with Crippen LogP contribution in [0.5, 0.6) is 0 Å². The van der Waals surface area contributed by atoms with Crippen molar-refractivity contribution >= 4 is 16.8 Å². The molecule has 0 bridgehead atoms. The van der Waals surface area contributed by atoms with Gasteiger partial charge < -0.3 is 9.88 Å². The molecule has 0 unspecified atom stereocenters. The van der Waals surface area contributed by atoms with Crippen molar-refractivity contribution in [1.29, 1.82) is 0 Å². The molecule has 128 valence electrons. The lowest BCUT2D eigenvalue weighted by Crippen LogP contribution is -2.31. The summed E-state index contributed by atoms with van der Waals surface area (Å²) >= 11 is 0. The van der Waals surface area contributed by atoms with Crippen LogP contribution < -0.4 is 0 Å². The van der Waals surface area contributed by atoms with E-state index < -0.39 is 0 Å². The molecule has 1 N–H and O–H groups in total. The number of rotatable bonds is 2. The lowest BCUT2D eigenvalue weighted by atomic mass is 10.1. The quantitative estimate of drug-likeness (QED) is 0.752. The summed E-state index contributed by atoms with van der Waals surface area (Å²) in [6.07, 6.45) is 3.79. The smallest absolute Gasteiger partial charge is 0.271 e. The van der Waals surface area contributed by atoms with Crippen LogP contribution in [-0.2, 0) is 0 Å². The summed E-state index contributed by atoms with van der Waals surface area (Å²) in [7, 11) is 0. The number of amides is 1. The molecule has 3 aromatic rings. The largest absolute Gasteiger partial charge is 0.350 e. The van der Waals surface area contributed by atoms with Crippen molar-refractivity contribution < 1.29 is 4.79 Å². The molecule has 1 aliphatic heterocycles. The van der Waals surface area contributed by atoms with E-state index in [0.717, 1.165) is 41.5 Å². The number of benzene rings is 1. The van der Waals surface area contributed by atoms with Crippen molar-refractivity contribution in [2.45, 2.75) is 39.7 Å². The Labute approximate surface area is 147 Å². The van der Waals surface area contributed by atoms with E-state index in [9.17, 15) is 4.79 Å². The number of pyridine rings is 1. The maximum absolute atomic E-state index is 13.3. The summed E-state index contributed by atoms with van der Waals surface area (Å²) in [5.41, 5.74) is 6.21. The Morgan fingerprint density at radius 3 is 2.84 bits per heavy atom. The van der Waals surface area contributed by atoms with Crippen LogP contribution in [0.3, 0.4) is 0 Å². The highest BCUT2D eigenvalue weighted by Gasteiger charge is 2.33. The predicted octanol–water partition coefficient (Wildman–Crippen LogP) is 4.47. The Balaban J connectivity index is 1.75. The number of carbonyl (C=O) groups is 1. The van der Waals surface area contributed by atoms with Crippen LogP contribution in [0.15, 0.2) is 36.5 Å². The minimum Gasteiger partial charge on any atom is -0.350 e. The van der Waals surface area contributed by atoms with Gasteiger partial charge in [0, 0.05) is 23.6 Å². The predicted molar refractivity (Wildman–Crippen MR) is 99.8 cm³/mol. The minimum atomic E-state index is 0.0716. The molecule has 2 aromatic heterocycles. The number of aromatic nitrogens is 2. The number of carbonyl (C=O) groups excluding carboxylic acids is 1. The standard InChI is InChI=1S/C21H23N3O/c1-13-11-14(2)19-16(12-13)15(3)20(23-19)21(25)24-10-6-8-18(24)17-7-4-5-9-22-17/h4-5,7,9,11-12,18,23H,6,8,10H2,1-3H3/t18-/m0/s1. The molecule has 0 saturated carbocycles. The summed E-state index contributed by atoms with van der Waals surface area (Å²) in [4.78, 5) is 23.1. The van der Waals surface area contributed by atoms with Gasteiger partial charge in [-0.1, -0.05) is 17.7 Å². The van der Waals surface area contributed by atoms with E-state index in [-0.39, 0.29) is 11.9 Å². The maximum Gasteiger partial charge on any atom is 0.271 e. The van der Waals surface area contributed by atoms with E-state index in [1.807, 2.05) is 30.0 Å². The van der Waals surface area contributed by atoms with Crippen LogP contribution in [0.4, 0.5) is 0 Å². The number of hydrogen-bond donors (Lipinski definition) is 1. The van der Waals surface area contributed by atoms with Crippen LogP contribution in [0.2, 0.25) is 0 Å². The van der Waals surface area contributed by atoms with Crippen LogP contribution in [0.1, 0.15) is 51.8 Å². The van der Waals surface area contributed by atoms with Crippen molar-refractivity contribution in [3.05, 3.63) is 64.6 Å². The molecule has 1 amide bonds. The highest BCUT2D eigenvalue weighted by atomic mass is 16.2. The van der Waals surface area contributed by atoms with E-state index in [2.05, 4.69) is 35.9 Å². The summed E-state index contributed by atoms with van der Waals surface area (Å²) < 4.78 is 0. The normalized spacial score (nSPS) is 17.4. The van der Waals surface area contributed by atoms with Gasteiger partial charge in [0.25, 0.3) is 5.91 Å². The van der Waals surface area contributed by atoms with Gasteiger partial charge in [-0.2, -0.15) is 0 Å². The van der Waals surface area contributed by atoms with Crippen molar-refractivity contribution in [2.24, 2.45) is 0 Å². The molecule has 0 radical (unpaired) electrons. The van der Waals surface area contributed by atoms with Gasteiger partial charge in [-0.3, -0.25) is 9.78 Å². The van der Waals surface area contributed by atoms with Gasteiger partial charge in [0.05, 0.1) is 11.7 Å². The average Bonchev–Trinajstić information content (AvgIpc) is 3.21. The van der Waals surface area contributed by atoms with Crippen LogP contribution in [-0.4, -0.2) is 27.3 Å². The third kappa shape index (κ3) is 2.62. The Hall–Kier alpha value is -2.62. The third-order valence-electron chi connectivity index (χ3n) is 5.27. The first-order valence-electron chi connectivity index (χ1n) is 8.87. The fourth-order valence-electron chi connectivity index (χ4n) is 4.03. The second-order valence-electron chi connectivity index (χ2n) is 7.04. The second-order valence-corrected chi connectivity index (χ2v) is 7.04. The fraction of sp³-hybridized carbons (Fsp3) is 0.333. The first-order valence-corrected chi connectivity index (χ1v) is 8.87. The third-order valence-corrected chi connectivity index (χ3v) is 5.27. The number of nitrogens with zero attached hydrogens (tertiary/aromatic N) is 2. The van der Waals surface area contributed by atoms with Gasteiger partial charge in [-0.15, -0.1) is 0 Å². The highest BCUT2D eigenvalue weighted by Crippen LogP contribution is 2.34. The fourth-order valence-corrected chi connectivity index (χ4v) is 4.03. The van der Waals surface area contributed by atoms with Gasteiger partial charge >= 0.3 is 0 Å². The molecule has 1 fully saturated rings. The Kier molecular flexibility index (Phi) is 3.83. The SMILES string of the molecule is Cc1cc(C)c2[nH]c(C(=O)N3CCC[C@H]3c3ccccn3)c(C)c2c1. The second kappa shape index (κ2) is 6.03. The number of aromatic amines is 1. The molecule has 0 aliphatic carbocycles. The van der Waals surface area contributed by atoms with Crippen molar-refractivity contribution in [3.8, 4) is 0 Å². The first-order chi connectivity index (χ1) is 12.1. The Bertz CT molecular complexity index is 943. The van der Waals surface area contributed by atoms with Crippen LogP contribution in [0.25, 0.3) is 10.9 Å². The number of hydrogen-bond acceptors (Lipinski definition) is 2. The zero-order chi connectivity index (χ0) is 17.6. The molecule has 0 spiro atoms. The van der Waals surface area contributed by atoms with Crippen molar-refractivity contribution in [1.82, 2.24) is 14.9 Å². The molecule has 4 nitrogen and oxygen atoms in total. The monoisotopic (exact) mass is 333 g/mol. The lowest BCUT2D eigenvalue weighted by Gasteiger charge is -2.24. The van der Waals surface area contributed by atoms with E-state index in [0.29, 0.717) is 5.69 Å². The molecule has 4 heteroatoms. The van der Waals surface area contributed by atoms with E-state index in [1.54, 1.807) is 6.20 Å². The Morgan fingerprint density at radius 2 is 2.08 bits per heavy atom. The van der Waals surface area contributed by atoms with Gasteiger partial charge in [-0.05, 0) is 62.9 Å². The molecule has 3 heterocycles. The summed E-state index contributed by atoms with van der Waals surface area (Å²) in [5.74, 6) is 0.0823. The van der Waals surface area contributed by atoms with E-state index in [4.69, 9.17) is 0 Å². The number of aryl methyl sites for hydroxylation is 3. The summed E-state index contributed by atoms with van der Waals surface area (Å²) in [5, 5.41) is 1.15. The lowest BCUT2D eigenvalue weighted by molar-refractivity contribution is 0.0727. The van der Waals surface area contributed by atoms with Crippen molar-refractivity contribution in [2.75, 3.05) is 6.54 Å². The van der Waals surface area contributed by atoms with Gasteiger partial charge in [-0.25, -0.2) is 0 Å². The first kappa shape index (κ1) is 15.9. The number of nitrogens with one attached hydrogen (secondary N) is 1. The van der Waals surface area contributed by atoms with Gasteiger partial charge in [0.2, 0.25) is 0 Å². The molecule has 4 rings (SSSR count). The molecular weight excluding hydrogens is 310 g/mol. The van der Waals surface area contributed by atoms with Crippen LogP contribution in [0, 0.1) is 20.8 Å². The van der Waals surface area contributed by atoms with E-state index in [1.165, 1.54) is 11.1 Å². The minimum absolute atomic E-state index is 0.0716. The van der Waals surface area contributed by atoms with Gasteiger partial charge in [0.1, 0.15) is 5.69 Å². The molecule has 1 saturated heterocycles. The number of H-pyrrole nitrogens is 1. The number of likely N-dealkylation sites (tertiary alicyclic amines) is 1. The maximum atomic E-state index is 13.3. The highest BCUT2D eigenvalue weighted by molar-refractivity contribution is 6.02. The average molecular weight is 333 g/mol. The molecular formula is C21H23N3O. The zero-order valence-electron chi connectivity index (χ0n) is 15.0.